The second-order valence-electron chi connectivity index (χ2n) is 6.07. The Kier molecular flexibility index (Phi) is 6.82. The van der Waals surface area contributed by atoms with Crippen molar-refractivity contribution in [3.63, 3.8) is 0 Å². The third kappa shape index (κ3) is 5.24. The van der Waals surface area contributed by atoms with Crippen LogP contribution in [0.5, 0.6) is 11.5 Å². The number of nitrogens with one attached hydrogen (secondary N) is 2. The first-order valence-electron chi connectivity index (χ1n) is 8.85. The molecule has 0 fully saturated rings. The molecule has 8 heteroatoms. The van der Waals surface area contributed by atoms with Crippen LogP contribution in [0.25, 0.3) is 6.08 Å². The SMILES string of the molecule is COc1ccc(/C=C(\NC(=O)c2cccs2)C(=O)Nc2cccc(F)c2)cc1OC. The van der Waals surface area contributed by atoms with Crippen LogP contribution in [0.3, 0.4) is 0 Å². The van der Waals surface area contributed by atoms with Crippen LogP contribution in [0.2, 0.25) is 0 Å². The Morgan fingerprint density at radius 3 is 2.47 bits per heavy atom. The van der Waals surface area contributed by atoms with Crippen LogP contribution in [-0.4, -0.2) is 26.0 Å². The molecule has 0 saturated heterocycles. The molecule has 2 amide bonds. The van der Waals surface area contributed by atoms with E-state index in [1.165, 1.54) is 49.8 Å². The molecule has 0 aliphatic carbocycles. The zero-order chi connectivity index (χ0) is 21.5. The van der Waals surface area contributed by atoms with Gasteiger partial charge in [-0.2, -0.15) is 0 Å². The van der Waals surface area contributed by atoms with E-state index >= 15 is 0 Å². The van der Waals surface area contributed by atoms with Gasteiger partial charge in [0.1, 0.15) is 11.5 Å². The van der Waals surface area contributed by atoms with Crippen LogP contribution in [0.15, 0.2) is 65.7 Å². The van der Waals surface area contributed by atoms with Crippen molar-refractivity contribution >= 4 is 34.9 Å². The summed E-state index contributed by atoms with van der Waals surface area (Å²) >= 11 is 1.25. The summed E-state index contributed by atoms with van der Waals surface area (Å²) in [6.07, 6.45) is 1.50. The summed E-state index contributed by atoms with van der Waals surface area (Å²) in [7, 11) is 3.02. The highest BCUT2D eigenvalue weighted by Gasteiger charge is 2.16. The average molecular weight is 426 g/mol. The number of anilines is 1. The molecular formula is C22H19FN2O4S. The number of ether oxygens (including phenoxy) is 2. The van der Waals surface area contributed by atoms with Gasteiger partial charge in [-0.05, 0) is 53.4 Å². The summed E-state index contributed by atoms with van der Waals surface area (Å²) in [4.78, 5) is 25.8. The van der Waals surface area contributed by atoms with Gasteiger partial charge in [-0.25, -0.2) is 4.39 Å². The normalized spacial score (nSPS) is 11.0. The summed E-state index contributed by atoms with van der Waals surface area (Å²) in [5.74, 6) is -0.504. The van der Waals surface area contributed by atoms with Gasteiger partial charge in [0.05, 0.1) is 19.1 Å². The summed E-state index contributed by atoms with van der Waals surface area (Å²) in [5.41, 5.74) is 0.858. The highest BCUT2D eigenvalue weighted by atomic mass is 32.1. The number of benzene rings is 2. The Balaban J connectivity index is 1.93. The number of methoxy groups -OCH3 is 2. The van der Waals surface area contributed by atoms with Crippen molar-refractivity contribution in [3.8, 4) is 11.5 Å². The highest BCUT2D eigenvalue weighted by molar-refractivity contribution is 7.12. The van der Waals surface area contributed by atoms with Crippen molar-refractivity contribution in [1.29, 1.82) is 0 Å². The van der Waals surface area contributed by atoms with Crippen LogP contribution in [0.4, 0.5) is 10.1 Å². The molecule has 0 bridgehead atoms. The first-order chi connectivity index (χ1) is 14.5. The summed E-state index contributed by atoms with van der Waals surface area (Å²) < 4.78 is 24.0. The molecule has 0 aliphatic heterocycles. The number of thiophene rings is 1. The summed E-state index contributed by atoms with van der Waals surface area (Å²) in [6, 6.07) is 14.0. The zero-order valence-electron chi connectivity index (χ0n) is 16.3. The van der Waals surface area contributed by atoms with E-state index in [0.717, 1.165) is 0 Å². The Morgan fingerprint density at radius 1 is 1.00 bits per heavy atom. The van der Waals surface area contributed by atoms with Crippen molar-refractivity contribution in [3.05, 3.63) is 81.9 Å². The van der Waals surface area contributed by atoms with Gasteiger partial charge >= 0.3 is 0 Å². The Labute approximate surface area is 177 Å². The maximum absolute atomic E-state index is 13.5. The van der Waals surface area contributed by atoms with Crippen LogP contribution in [0, 0.1) is 5.82 Å². The molecule has 3 rings (SSSR count). The minimum absolute atomic E-state index is 0.00937. The number of hydrogen-bond acceptors (Lipinski definition) is 5. The molecular weight excluding hydrogens is 407 g/mol. The topological polar surface area (TPSA) is 76.7 Å². The van der Waals surface area contributed by atoms with Crippen LogP contribution >= 0.6 is 11.3 Å². The first-order valence-corrected chi connectivity index (χ1v) is 9.73. The van der Waals surface area contributed by atoms with Gasteiger partial charge in [0.2, 0.25) is 0 Å². The van der Waals surface area contributed by atoms with Gasteiger partial charge in [-0.3, -0.25) is 9.59 Å². The molecule has 30 heavy (non-hydrogen) atoms. The lowest BCUT2D eigenvalue weighted by Gasteiger charge is -2.12. The number of rotatable bonds is 7. The number of carbonyl (C=O) groups is 2. The van der Waals surface area contributed by atoms with E-state index in [1.54, 1.807) is 41.8 Å². The molecule has 2 N–H and O–H groups in total. The molecule has 0 saturated carbocycles. The van der Waals surface area contributed by atoms with Crippen LogP contribution in [0.1, 0.15) is 15.2 Å². The predicted molar refractivity (Wildman–Crippen MR) is 114 cm³/mol. The monoisotopic (exact) mass is 426 g/mol. The van der Waals surface area contributed by atoms with Gasteiger partial charge in [-0.1, -0.05) is 18.2 Å². The Morgan fingerprint density at radius 2 is 1.80 bits per heavy atom. The van der Waals surface area contributed by atoms with E-state index in [9.17, 15) is 14.0 Å². The molecule has 1 heterocycles. The molecule has 3 aromatic rings. The first kappa shape index (κ1) is 21.1. The van der Waals surface area contributed by atoms with Crippen LogP contribution in [-0.2, 0) is 4.79 Å². The molecule has 0 spiro atoms. The summed E-state index contributed by atoms with van der Waals surface area (Å²) in [5, 5.41) is 6.98. The van der Waals surface area contributed by atoms with Crippen LogP contribution < -0.4 is 20.1 Å². The number of hydrogen-bond donors (Lipinski definition) is 2. The molecule has 0 atom stereocenters. The van der Waals surface area contributed by atoms with Gasteiger partial charge in [0.25, 0.3) is 11.8 Å². The maximum atomic E-state index is 13.5. The molecule has 0 aliphatic rings. The fraction of sp³-hybridized carbons (Fsp3) is 0.0909. The van der Waals surface area contributed by atoms with Gasteiger partial charge in [-0.15, -0.1) is 11.3 Å². The van der Waals surface area contributed by atoms with Gasteiger partial charge in [0, 0.05) is 5.69 Å². The molecule has 6 nitrogen and oxygen atoms in total. The summed E-state index contributed by atoms with van der Waals surface area (Å²) in [6.45, 7) is 0. The Hall–Kier alpha value is -3.65. The minimum Gasteiger partial charge on any atom is -0.493 e. The molecule has 0 unspecified atom stereocenters. The fourth-order valence-corrected chi connectivity index (χ4v) is 3.24. The van der Waals surface area contributed by atoms with Crippen molar-refractivity contribution in [2.24, 2.45) is 0 Å². The lowest BCUT2D eigenvalue weighted by molar-refractivity contribution is -0.113. The highest BCUT2D eigenvalue weighted by Crippen LogP contribution is 2.28. The van der Waals surface area contributed by atoms with Crippen molar-refractivity contribution in [2.45, 2.75) is 0 Å². The van der Waals surface area contributed by atoms with Crippen molar-refractivity contribution < 1.29 is 23.5 Å². The Bertz CT molecular complexity index is 1080. The van der Waals surface area contributed by atoms with Crippen molar-refractivity contribution in [1.82, 2.24) is 5.32 Å². The minimum atomic E-state index is -0.597. The third-order valence-electron chi connectivity index (χ3n) is 4.04. The molecule has 1 aromatic heterocycles. The van der Waals surface area contributed by atoms with E-state index in [-0.39, 0.29) is 11.4 Å². The largest absolute Gasteiger partial charge is 0.493 e. The quantitative estimate of drug-likeness (QED) is 0.552. The fourth-order valence-electron chi connectivity index (χ4n) is 2.62. The smallest absolute Gasteiger partial charge is 0.272 e. The zero-order valence-corrected chi connectivity index (χ0v) is 17.1. The van der Waals surface area contributed by atoms with E-state index in [1.807, 2.05) is 0 Å². The van der Waals surface area contributed by atoms with Gasteiger partial charge in [0.15, 0.2) is 11.5 Å². The van der Waals surface area contributed by atoms with E-state index < -0.39 is 17.6 Å². The number of carbonyl (C=O) groups excluding carboxylic acids is 2. The number of amides is 2. The standard InChI is InChI=1S/C22H19FN2O4S/c1-28-18-9-8-14(12-19(18)29-2)11-17(25-22(27)20-7-4-10-30-20)21(26)24-16-6-3-5-15(23)13-16/h3-13H,1-2H3,(H,24,26)(H,25,27)/b17-11-. The van der Waals surface area contributed by atoms with E-state index in [4.69, 9.17) is 9.47 Å². The lowest BCUT2D eigenvalue weighted by atomic mass is 10.1. The lowest BCUT2D eigenvalue weighted by Crippen LogP contribution is -2.30. The van der Waals surface area contributed by atoms with Crippen molar-refractivity contribution in [2.75, 3.05) is 19.5 Å². The predicted octanol–water partition coefficient (Wildman–Crippen LogP) is 4.31. The number of halogens is 1. The van der Waals surface area contributed by atoms with Gasteiger partial charge < -0.3 is 20.1 Å². The van der Waals surface area contributed by atoms with E-state index in [2.05, 4.69) is 10.6 Å². The second-order valence-corrected chi connectivity index (χ2v) is 7.02. The molecule has 2 aromatic carbocycles. The third-order valence-corrected chi connectivity index (χ3v) is 4.91. The van der Waals surface area contributed by atoms with E-state index in [0.29, 0.717) is 21.9 Å². The average Bonchev–Trinajstić information content (AvgIpc) is 3.28. The molecule has 0 radical (unpaired) electrons. The maximum Gasteiger partial charge on any atom is 0.272 e. The molecule has 154 valence electrons. The second kappa shape index (κ2) is 9.71.